The minimum atomic E-state index is -3.23. The first-order valence-corrected chi connectivity index (χ1v) is 11.0. The Hall–Kier alpha value is -3.13. The first kappa shape index (κ1) is 19.2. The smallest absolute Gasteiger partial charge is 0.229 e. The van der Waals surface area contributed by atoms with E-state index in [2.05, 4.69) is 10.4 Å². The van der Waals surface area contributed by atoms with Crippen LogP contribution in [-0.2, 0) is 32.6 Å². The summed E-state index contributed by atoms with van der Waals surface area (Å²) in [6, 6.07) is 14.9. The molecule has 3 aromatic rings. The number of benzene rings is 2. The zero-order valence-corrected chi connectivity index (χ0v) is 17.0. The molecule has 0 spiro atoms. The van der Waals surface area contributed by atoms with Gasteiger partial charge in [-0.05, 0) is 36.8 Å². The molecule has 1 aliphatic rings. The number of hydrogen-bond acceptors (Lipinski definition) is 5. The van der Waals surface area contributed by atoms with Gasteiger partial charge in [0, 0.05) is 5.56 Å². The molecule has 7 nitrogen and oxygen atoms in total. The highest BCUT2D eigenvalue weighted by Gasteiger charge is 2.33. The van der Waals surface area contributed by atoms with Gasteiger partial charge in [-0.1, -0.05) is 29.8 Å². The van der Waals surface area contributed by atoms with Crippen molar-refractivity contribution < 1.29 is 17.9 Å². The number of methoxy groups -OCH3 is 1. The van der Waals surface area contributed by atoms with Gasteiger partial charge < -0.3 is 10.1 Å². The summed E-state index contributed by atoms with van der Waals surface area (Å²) in [6.07, 6.45) is 0.157. The van der Waals surface area contributed by atoms with Gasteiger partial charge in [0.2, 0.25) is 5.91 Å². The highest BCUT2D eigenvalue weighted by Crippen LogP contribution is 2.33. The summed E-state index contributed by atoms with van der Waals surface area (Å²) in [4.78, 5) is 12.7. The molecule has 0 atom stereocenters. The van der Waals surface area contributed by atoms with Crippen LogP contribution in [0.5, 0.6) is 5.75 Å². The first-order valence-electron chi connectivity index (χ1n) is 9.15. The molecule has 0 aliphatic carbocycles. The number of ether oxygens (including phenoxy) is 1. The van der Waals surface area contributed by atoms with E-state index >= 15 is 0 Å². The van der Waals surface area contributed by atoms with Gasteiger partial charge in [-0.3, -0.25) is 4.79 Å². The normalized spacial score (nSPS) is 14.4. The van der Waals surface area contributed by atoms with E-state index < -0.39 is 9.84 Å². The van der Waals surface area contributed by atoms with Crippen molar-refractivity contribution in [2.24, 2.45) is 0 Å². The van der Waals surface area contributed by atoms with Crippen molar-refractivity contribution in [3.63, 3.8) is 0 Å². The minimum absolute atomic E-state index is 0.109. The van der Waals surface area contributed by atoms with Gasteiger partial charge in [0.05, 0.1) is 36.4 Å². The molecule has 150 valence electrons. The number of anilines is 1. The molecule has 1 amide bonds. The molecule has 8 heteroatoms. The highest BCUT2D eigenvalue weighted by molar-refractivity contribution is 7.90. The van der Waals surface area contributed by atoms with Crippen LogP contribution in [0.25, 0.3) is 5.69 Å². The minimum Gasteiger partial charge on any atom is -0.497 e. The van der Waals surface area contributed by atoms with Crippen LogP contribution < -0.4 is 10.1 Å². The molecule has 0 saturated heterocycles. The van der Waals surface area contributed by atoms with Crippen molar-refractivity contribution >= 4 is 21.6 Å². The number of fused-ring (bicyclic) bond motifs is 1. The molecule has 1 N–H and O–H groups in total. The molecular formula is C21H21N3O4S. The van der Waals surface area contributed by atoms with Crippen LogP contribution in [0.1, 0.15) is 22.4 Å². The van der Waals surface area contributed by atoms with E-state index in [1.165, 1.54) is 0 Å². The molecule has 0 unspecified atom stereocenters. The van der Waals surface area contributed by atoms with E-state index in [0.717, 1.165) is 22.6 Å². The van der Waals surface area contributed by atoms with Crippen LogP contribution in [0, 0.1) is 6.92 Å². The summed E-state index contributed by atoms with van der Waals surface area (Å²) in [5.74, 6) is 0.670. The Bertz CT molecular complexity index is 1160. The predicted octanol–water partition coefficient (Wildman–Crippen LogP) is 2.80. The fourth-order valence-corrected chi connectivity index (χ4v) is 4.84. The Kier molecular flexibility index (Phi) is 4.87. The number of aryl methyl sites for hydroxylation is 1. The molecule has 2 aromatic carbocycles. The molecular weight excluding hydrogens is 390 g/mol. The topological polar surface area (TPSA) is 90.3 Å². The number of carbonyl (C=O) groups is 1. The lowest BCUT2D eigenvalue weighted by molar-refractivity contribution is -0.115. The summed E-state index contributed by atoms with van der Waals surface area (Å²) in [6.45, 7) is 1.98. The number of aromatic nitrogens is 2. The van der Waals surface area contributed by atoms with Crippen LogP contribution in [0.4, 0.5) is 5.82 Å². The zero-order valence-electron chi connectivity index (χ0n) is 16.2. The van der Waals surface area contributed by atoms with Crippen LogP contribution in [0.2, 0.25) is 0 Å². The van der Waals surface area contributed by atoms with Gasteiger partial charge in [-0.15, -0.1) is 0 Å². The Labute approximate surface area is 169 Å². The lowest BCUT2D eigenvalue weighted by atomic mass is 10.1. The van der Waals surface area contributed by atoms with E-state index in [0.29, 0.717) is 17.1 Å². The van der Waals surface area contributed by atoms with Crippen molar-refractivity contribution in [3.05, 3.63) is 70.9 Å². The maximum atomic E-state index is 12.7. The number of sulfone groups is 1. The van der Waals surface area contributed by atoms with E-state index in [1.54, 1.807) is 23.9 Å². The predicted molar refractivity (Wildman–Crippen MR) is 110 cm³/mol. The third kappa shape index (κ3) is 4.02. The van der Waals surface area contributed by atoms with Gasteiger partial charge in [0.1, 0.15) is 11.6 Å². The highest BCUT2D eigenvalue weighted by atomic mass is 32.2. The number of nitrogens with one attached hydrogen (secondary N) is 1. The Morgan fingerprint density at radius 1 is 1.10 bits per heavy atom. The van der Waals surface area contributed by atoms with Crippen molar-refractivity contribution in [1.29, 1.82) is 0 Å². The molecule has 0 bridgehead atoms. The summed E-state index contributed by atoms with van der Waals surface area (Å²) in [5, 5.41) is 7.36. The third-order valence-electron chi connectivity index (χ3n) is 4.85. The molecule has 0 fully saturated rings. The van der Waals surface area contributed by atoms with E-state index in [-0.39, 0.29) is 23.8 Å². The van der Waals surface area contributed by atoms with Crippen molar-refractivity contribution in [3.8, 4) is 11.4 Å². The largest absolute Gasteiger partial charge is 0.497 e. The molecule has 29 heavy (non-hydrogen) atoms. The van der Waals surface area contributed by atoms with Crippen molar-refractivity contribution in [2.75, 3.05) is 12.4 Å². The Balaban J connectivity index is 1.64. The van der Waals surface area contributed by atoms with E-state index in [4.69, 9.17) is 4.74 Å². The quantitative estimate of drug-likeness (QED) is 0.697. The average Bonchev–Trinajstić information content (AvgIpc) is 3.15. The van der Waals surface area contributed by atoms with Crippen molar-refractivity contribution in [2.45, 2.75) is 24.9 Å². The number of amides is 1. The summed E-state index contributed by atoms with van der Waals surface area (Å²) < 4.78 is 30.9. The van der Waals surface area contributed by atoms with Gasteiger partial charge in [-0.2, -0.15) is 5.10 Å². The number of nitrogens with zero attached hydrogens (tertiary/aromatic N) is 2. The molecule has 1 aromatic heterocycles. The summed E-state index contributed by atoms with van der Waals surface area (Å²) in [7, 11) is -1.65. The van der Waals surface area contributed by atoms with Gasteiger partial charge in [0.25, 0.3) is 0 Å². The van der Waals surface area contributed by atoms with Crippen LogP contribution in [0.15, 0.2) is 48.5 Å². The van der Waals surface area contributed by atoms with Gasteiger partial charge in [-0.25, -0.2) is 13.1 Å². The number of hydrogen-bond donors (Lipinski definition) is 1. The van der Waals surface area contributed by atoms with E-state index in [9.17, 15) is 13.2 Å². The maximum absolute atomic E-state index is 12.7. The Morgan fingerprint density at radius 3 is 2.45 bits per heavy atom. The van der Waals surface area contributed by atoms with Gasteiger partial charge >= 0.3 is 0 Å². The van der Waals surface area contributed by atoms with E-state index in [1.807, 2.05) is 43.3 Å². The second kappa shape index (κ2) is 7.36. The SMILES string of the molecule is COc1ccc(CC(=O)Nc2c3c(nn2-c2ccc(C)cc2)CS(=O)(=O)C3)cc1. The lowest BCUT2D eigenvalue weighted by Gasteiger charge is -2.11. The number of carbonyl (C=O) groups excluding carboxylic acids is 1. The average molecular weight is 411 g/mol. The van der Waals surface area contributed by atoms with Crippen molar-refractivity contribution in [1.82, 2.24) is 9.78 Å². The Morgan fingerprint density at radius 2 is 1.79 bits per heavy atom. The monoisotopic (exact) mass is 411 g/mol. The van der Waals surface area contributed by atoms with Gasteiger partial charge in [0.15, 0.2) is 9.84 Å². The van der Waals surface area contributed by atoms with Crippen LogP contribution in [0.3, 0.4) is 0 Å². The fraction of sp³-hybridized carbons (Fsp3) is 0.238. The fourth-order valence-electron chi connectivity index (χ4n) is 3.35. The summed E-state index contributed by atoms with van der Waals surface area (Å²) in [5.41, 5.74) is 3.75. The maximum Gasteiger partial charge on any atom is 0.229 e. The molecule has 4 rings (SSSR count). The molecule has 1 aliphatic heterocycles. The standard InChI is InChI=1S/C21H21N3O4S/c1-14-3-7-16(8-4-14)24-21(18-12-29(26,27)13-19(18)23-24)22-20(25)11-15-5-9-17(28-2)10-6-15/h3-10H,11-13H2,1-2H3,(H,22,25). The first-order chi connectivity index (χ1) is 13.8. The third-order valence-corrected chi connectivity index (χ3v) is 6.29. The molecule has 0 radical (unpaired) electrons. The van der Waals surface area contributed by atoms with Crippen LogP contribution >= 0.6 is 0 Å². The number of rotatable bonds is 5. The molecule has 0 saturated carbocycles. The van der Waals surface area contributed by atoms with Crippen LogP contribution in [-0.4, -0.2) is 31.2 Å². The second-order valence-electron chi connectivity index (χ2n) is 7.13. The lowest BCUT2D eigenvalue weighted by Crippen LogP contribution is -2.18. The molecule has 2 heterocycles. The second-order valence-corrected chi connectivity index (χ2v) is 9.19. The summed E-state index contributed by atoms with van der Waals surface area (Å²) >= 11 is 0. The zero-order chi connectivity index (χ0) is 20.6.